The molecule has 1 aliphatic rings. The Kier molecular flexibility index (Phi) is 12.5. The van der Waals surface area contributed by atoms with E-state index in [4.69, 9.17) is 0 Å². The molecule has 2 rings (SSSR count). The molecular formula is C27H43N2+. The van der Waals surface area contributed by atoms with E-state index in [9.17, 15) is 0 Å². The number of nitrogens with zero attached hydrogens (tertiary/aromatic N) is 2. The van der Waals surface area contributed by atoms with Crippen molar-refractivity contribution in [1.29, 1.82) is 0 Å². The normalized spacial score (nSPS) is 15.2. The highest BCUT2D eigenvalue weighted by atomic mass is 15.0. The first-order valence-corrected chi connectivity index (χ1v) is 12.3. The van der Waals surface area contributed by atoms with Gasteiger partial charge in [-0.15, -0.1) is 0 Å². The lowest BCUT2D eigenvalue weighted by Gasteiger charge is -2.26. The molecule has 2 unspecified atom stereocenters. The molecule has 0 saturated carbocycles. The molecule has 1 aromatic rings. The van der Waals surface area contributed by atoms with Crippen LogP contribution in [0.2, 0.25) is 0 Å². The van der Waals surface area contributed by atoms with Crippen molar-refractivity contribution in [2.45, 2.75) is 104 Å². The topological polar surface area (TPSA) is 24.7 Å². The zero-order chi connectivity index (χ0) is 20.6. The van der Waals surface area contributed by atoms with Crippen molar-refractivity contribution in [3.63, 3.8) is 0 Å². The summed E-state index contributed by atoms with van der Waals surface area (Å²) in [4.78, 5) is 9.23. The van der Waals surface area contributed by atoms with Gasteiger partial charge in [0.1, 0.15) is 0 Å². The third-order valence-electron chi connectivity index (χ3n) is 6.27. The maximum absolute atomic E-state index is 4.61. The largest absolute Gasteiger partial charge is 0.244 e. The summed E-state index contributed by atoms with van der Waals surface area (Å²) < 4.78 is 0. The lowest BCUT2D eigenvalue weighted by molar-refractivity contribution is 0.286. The molecule has 1 heterocycles. The molecule has 0 spiro atoms. The van der Waals surface area contributed by atoms with Crippen LogP contribution in [0.1, 0.15) is 103 Å². The second-order valence-corrected chi connectivity index (χ2v) is 8.73. The van der Waals surface area contributed by atoms with Crippen molar-refractivity contribution in [2.24, 2.45) is 21.8 Å². The number of hydrogen-bond acceptors (Lipinski definition) is 2. The van der Waals surface area contributed by atoms with Crippen molar-refractivity contribution < 1.29 is 0 Å². The summed E-state index contributed by atoms with van der Waals surface area (Å²) in [5.74, 6) is 1.15. The molecule has 0 aliphatic carbocycles. The predicted molar refractivity (Wildman–Crippen MR) is 129 cm³/mol. The van der Waals surface area contributed by atoms with E-state index in [1.54, 1.807) is 0 Å². The van der Waals surface area contributed by atoms with Gasteiger partial charge < -0.3 is 0 Å². The molecule has 0 amide bonds. The molecule has 29 heavy (non-hydrogen) atoms. The van der Waals surface area contributed by atoms with Crippen LogP contribution in [0.3, 0.4) is 0 Å². The maximum Gasteiger partial charge on any atom is 0.244 e. The predicted octanol–water partition coefficient (Wildman–Crippen LogP) is 8.22. The second-order valence-electron chi connectivity index (χ2n) is 8.73. The summed E-state index contributed by atoms with van der Waals surface area (Å²) in [6.45, 7) is 4.58. The van der Waals surface area contributed by atoms with Gasteiger partial charge in [-0.1, -0.05) is 125 Å². The smallest absolute Gasteiger partial charge is 0.0965 e. The van der Waals surface area contributed by atoms with Crippen LogP contribution >= 0.6 is 0 Å². The van der Waals surface area contributed by atoms with Crippen molar-refractivity contribution >= 4 is 12.4 Å². The van der Waals surface area contributed by atoms with E-state index < -0.39 is 0 Å². The number of benzene rings is 1. The third kappa shape index (κ3) is 9.65. The third-order valence-corrected chi connectivity index (χ3v) is 6.27. The van der Waals surface area contributed by atoms with Gasteiger partial charge in [0.05, 0.1) is 5.92 Å². The van der Waals surface area contributed by atoms with Gasteiger partial charge in [0.15, 0.2) is 12.4 Å². The monoisotopic (exact) mass is 395 g/mol. The average Bonchev–Trinajstić information content (AvgIpc) is 3.28. The van der Waals surface area contributed by atoms with Crippen LogP contribution in [-0.2, 0) is 6.42 Å². The van der Waals surface area contributed by atoms with E-state index in [1.165, 1.54) is 89.0 Å². The second kappa shape index (κ2) is 15.3. The summed E-state index contributed by atoms with van der Waals surface area (Å²) in [5.41, 5.74) is 1.46. The quantitative estimate of drug-likeness (QED) is 0.187. The molecule has 2 atom stereocenters. The lowest BCUT2D eigenvalue weighted by Crippen LogP contribution is -2.22. The Labute approximate surface area is 180 Å². The van der Waals surface area contributed by atoms with Crippen molar-refractivity contribution in [1.82, 2.24) is 0 Å². The van der Waals surface area contributed by atoms with Crippen molar-refractivity contribution in [3.05, 3.63) is 42.1 Å². The molecule has 2 nitrogen and oxygen atoms in total. The molecule has 1 aliphatic heterocycles. The molecule has 0 aromatic heterocycles. The van der Waals surface area contributed by atoms with Gasteiger partial charge in [-0.2, -0.15) is 0 Å². The van der Waals surface area contributed by atoms with E-state index >= 15 is 0 Å². The molecule has 160 valence electrons. The molecule has 2 heteroatoms. The van der Waals surface area contributed by atoms with Crippen LogP contribution < -0.4 is 0 Å². The van der Waals surface area contributed by atoms with Crippen LogP contribution in [0, 0.1) is 18.0 Å². The highest BCUT2D eigenvalue weighted by Crippen LogP contribution is 2.36. The van der Waals surface area contributed by atoms with E-state index in [-0.39, 0.29) is 0 Å². The molecule has 0 fully saturated rings. The van der Waals surface area contributed by atoms with Crippen LogP contribution in [0.4, 0.5) is 0 Å². The van der Waals surface area contributed by atoms with Crippen LogP contribution in [0.5, 0.6) is 0 Å². The van der Waals surface area contributed by atoms with Gasteiger partial charge in [0.25, 0.3) is 0 Å². The molecule has 0 N–H and O–H groups in total. The minimum absolute atomic E-state index is 0.499. The summed E-state index contributed by atoms with van der Waals surface area (Å²) >= 11 is 0. The lowest BCUT2D eigenvalue weighted by atomic mass is 9.78. The molecule has 0 radical (unpaired) electrons. The Balaban J connectivity index is 1.85. The summed E-state index contributed by atoms with van der Waals surface area (Å²) in [5, 5.41) is 0. The van der Waals surface area contributed by atoms with Crippen molar-refractivity contribution in [2.75, 3.05) is 0 Å². The zero-order valence-electron chi connectivity index (χ0n) is 19.0. The first-order valence-electron chi connectivity index (χ1n) is 12.3. The SMILES string of the molecule is CCCCCCCCCCCC(Cc1ccccc1)C(CCCC)[C+]1N=CC=N1. The fourth-order valence-corrected chi connectivity index (χ4v) is 4.52. The molecule has 0 bridgehead atoms. The minimum Gasteiger partial charge on any atom is -0.0965 e. The highest BCUT2D eigenvalue weighted by Gasteiger charge is 2.35. The van der Waals surface area contributed by atoms with Crippen LogP contribution in [0.25, 0.3) is 0 Å². The Morgan fingerprint density at radius 2 is 1.28 bits per heavy atom. The molecular weight excluding hydrogens is 352 g/mol. The zero-order valence-corrected chi connectivity index (χ0v) is 19.0. The van der Waals surface area contributed by atoms with Gasteiger partial charge in [-0.25, -0.2) is 0 Å². The Bertz CT molecular complexity index is 551. The van der Waals surface area contributed by atoms with E-state index in [2.05, 4.69) is 54.2 Å². The van der Waals surface area contributed by atoms with Gasteiger partial charge in [-0.05, 0) is 30.7 Å². The van der Waals surface area contributed by atoms with Crippen molar-refractivity contribution in [3.8, 4) is 0 Å². The van der Waals surface area contributed by atoms with Gasteiger partial charge >= 0.3 is 0 Å². The van der Waals surface area contributed by atoms with E-state index in [1.807, 2.05) is 12.4 Å². The number of rotatable bonds is 17. The van der Waals surface area contributed by atoms with Gasteiger partial charge in [-0.3, -0.25) is 0 Å². The van der Waals surface area contributed by atoms with Crippen LogP contribution in [-0.4, -0.2) is 12.4 Å². The number of unbranched alkanes of at least 4 members (excludes halogenated alkanes) is 9. The minimum atomic E-state index is 0.499. The first-order chi connectivity index (χ1) is 14.3. The molecule has 0 saturated heterocycles. The fourth-order valence-electron chi connectivity index (χ4n) is 4.52. The van der Waals surface area contributed by atoms with Crippen LogP contribution in [0.15, 0.2) is 40.3 Å². The Morgan fingerprint density at radius 1 is 0.690 bits per heavy atom. The van der Waals surface area contributed by atoms with E-state index in [0.717, 1.165) is 12.6 Å². The standard InChI is InChI=1S/C27H43N2/c1-3-5-7-8-9-10-11-12-16-19-25(23-24-17-14-13-15-18-24)26(20-6-4-2)27-28-21-22-29-27/h13-15,17-18,21-22,25-26H,3-12,16,19-20,23H2,1-2H3/q+1. The maximum atomic E-state index is 4.61. The summed E-state index contributed by atoms with van der Waals surface area (Å²) in [7, 11) is 0. The fraction of sp³-hybridized carbons (Fsp3) is 0.667. The van der Waals surface area contributed by atoms with E-state index in [0.29, 0.717) is 11.8 Å². The number of hydrogen-bond donors (Lipinski definition) is 0. The highest BCUT2D eigenvalue weighted by molar-refractivity contribution is 6.18. The van der Waals surface area contributed by atoms with Gasteiger partial charge in [0, 0.05) is 0 Å². The molecule has 1 aromatic carbocycles. The Hall–Kier alpha value is -1.57. The summed E-state index contributed by atoms with van der Waals surface area (Å²) in [6.07, 6.45) is 23.6. The number of aliphatic imine (C=N–C) groups is 2. The Morgan fingerprint density at radius 3 is 1.90 bits per heavy atom. The average molecular weight is 396 g/mol. The van der Waals surface area contributed by atoms with Gasteiger partial charge in [0.2, 0.25) is 6.17 Å². The summed E-state index contributed by atoms with van der Waals surface area (Å²) in [6, 6.07) is 11.0. The first kappa shape index (κ1) is 23.7.